The lowest BCUT2D eigenvalue weighted by Crippen LogP contribution is -2.30. The minimum Gasteiger partial charge on any atom is -0.293 e. The van der Waals surface area contributed by atoms with E-state index in [0.717, 1.165) is 5.69 Å². The van der Waals surface area contributed by atoms with E-state index in [0.29, 0.717) is 45.2 Å². The molecule has 0 atom stereocenters. The minimum absolute atomic E-state index is 0.0965. The van der Waals surface area contributed by atoms with E-state index in [9.17, 15) is 13.2 Å². The number of carbonyl (C=O) groups excluding carboxylic acids is 1. The molecule has 0 aliphatic carbocycles. The monoisotopic (exact) mass is 574 g/mol. The Balaban J connectivity index is 1.71. The summed E-state index contributed by atoms with van der Waals surface area (Å²) in [4.78, 5) is 13.0. The zero-order chi connectivity index (χ0) is 26.6. The van der Waals surface area contributed by atoms with Crippen LogP contribution in [0.1, 0.15) is 24.2 Å². The van der Waals surface area contributed by atoms with E-state index >= 15 is 0 Å². The Morgan fingerprint density at radius 3 is 2.32 bits per heavy atom. The topological polar surface area (TPSA) is 85.2 Å². The number of aromatic nitrogens is 3. The van der Waals surface area contributed by atoms with Gasteiger partial charge in [0.1, 0.15) is 0 Å². The average Bonchev–Trinajstić information content (AvgIpc) is 3.34. The quantitative estimate of drug-likeness (QED) is 0.164. The fraction of sp³-hybridized carbons (Fsp3) is 0.192. The first-order chi connectivity index (χ1) is 17.8. The highest BCUT2D eigenvalue weighted by atomic mass is 35.5. The van der Waals surface area contributed by atoms with Gasteiger partial charge in [0.05, 0.1) is 20.7 Å². The van der Waals surface area contributed by atoms with Crippen LogP contribution >= 0.6 is 35.0 Å². The van der Waals surface area contributed by atoms with Gasteiger partial charge in [-0.2, -0.15) is 4.31 Å². The molecule has 0 bridgehead atoms. The van der Waals surface area contributed by atoms with E-state index in [-0.39, 0.29) is 16.4 Å². The van der Waals surface area contributed by atoms with Gasteiger partial charge in [-0.05, 0) is 42.5 Å². The molecule has 1 heterocycles. The summed E-state index contributed by atoms with van der Waals surface area (Å²) in [5.41, 5.74) is 1.82. The number of carbonyl (C=O) groups is 1. The number of nitrogens with zero attached hydrogens (tertiary/aromatic N) is 4. The summed E-state index contributed by atoms with van der Waals surface area (Å²) in [5, 5.41) is 9.91. The van der Waals surface area contributed by atoms with E-state index in [2.05, 4.69) is 10.2 Å². The van der Waals surface area contributed by atoms with Crippen LogP contribution in [0.2, 0.25) is 10.0 Å². The first-order valence-electron chi connectivity index (χ1n) is 11.5. The second-order valence-electron chi connectivity index (χ2n) is 7.94. The molecule has 0 amide bonds. The molecule has 11 heteroatoms. The molecule has 7 nitrogen and oxygen atoms in total. The number of para-hydroxylation sites is 1. The van der Waals surface area contributed by atoms with Gasteiger partial charge in [-0.15, -0.1) is 10.2 Å². The van der Waals surface area contributed by atoms with Crippen LogP contribution in [0, 0.1) is 0 Å². The summed E-state index contributed by atoms with van der Waals surface area (Å²) in [5.74, 6) is 0.423. The van der Waals surface area contributed by atoms with Crippen LogP contribution in [-0.2, 0) is 10.0 Å². The van der Waals surface area contributed by atoms with E-state index in [1.165, 1.54) is 16.1 Å². The van der Waals surface area contributed by atoms with Crippen molar-refractivity contribution in [2.24, 2.45) is 0 Å². The highest BCUT2D eigenvalue weighted by Gasteiger charge is 2.24. The fourth-order valence-electron chi connectivity index (χ4n) is 3.75. The second kappa shape index (κ2) is 11.8. The minimum atomic E-state index is -3.66. The van der Waals surface area contributed by atoms with Gasteiger partial charge >= 0.3 is 0 Å². The molecular weight excluding hydrogens is 551 g/mol. The normalized spacial score (nSPS) is 11.7. The van der Waals surface area contributed by atoms with E-state index in [1.54, 1.807) is 56.3 Å². The molecule has 0 aliphatic heterocycles. The summed E-state index contributed by atoms with van der Waals surface area (Å²) < 4.78 is 29.5. The number of rotatable bonds is 10. The molecule has 0 unspecified atom stereocenters. The number of thioether (sulfide) groups is 1. The molecule has 0 aliphatic rings. The van der Waals surface area contributed by atoms with E-state index in [4.69, 9.17) is 23.2 Å². The Bertz CT molecular complexity index is 1520. The molecule has 37 heavy (non-hydrogen) atoms. The van der Waals surface area contributed by atoms with E-state index < -0.39 is 10.0 Å². The molecule has 3 aromatic carbocycles. The second-order valence-corrected chi connectivity index (χ2v) is 11.6. The van der Waals surface area contributed by atoms with Crippen LogP contribution in [0.15, 0.2) is 82.8 Å². The van der Waals surface area contributed by atoms with Crippen molar-refractivity contribution in [2.45, 2.75) is 23.9 Å². The molecular formula is C26H24Cl2N4O3S2. The average molecular weight is 576 g/mol. The van der Waals surface area contributed by atoms with Crippen molar-refractivity contribution in [2.75, 3.05) is 18.8 Å². The van der Waals surface area contributed by atoms with Crippen LogP contribution in [0.3, 0.4) is 0 Å². The third-order valence-electron chi connectivity index (χ3n) is 5.66. The van der Waals surface area contributed by atoms with Crippen LogP contribution < -0.4 is 0 Å². The summed E-state index contributed by atoms with van der Waals surface area (Å²) in [7, 11) is -3.66. The maximum atomic E-state index is 13.1. The molecule has 0 saturated heterocycles. The van der Waals surface area contributed by atoms with Gasteiger partial charge in [-0.1, -0.05) is 79.1 Å². The Kier molecular flexibility index (Phi) is 8.71. The lowest BCUT2D eigenvalue weighted by atomic mass is 10.1. The number of ketones is 1. The molecule has 0 radical (unpaired) electrons. The molecule has 0 saturated carbocycles. The van der Waals surface area contributed by atoms with Crippen molar-refractivity contribution in [3.63, 3.8) is 0 Å². The van der Waals surface area contributed by atoms with Crippen molar-refractivity contribution in [3.05, 3.63) is 88.4 Å². The molecule has 1 aromatic heterocycles. The van der Waals surface area contributed by atoms with Crippen LogP contribution in [0.4, 0.5) is 0 Å². The van der Waals surface area contributed by atoms with Crippen LogP contribution in [0.5, 0.6) is 0 Å². The third-order valence-corrected chi connectivity index (χ3v) is 9.37. The number of hydrogen-bond donors (Lipinski definition) is 0. The predicted octanol–water partition coefficient (Wildman–Crippen LogP) is 6.25. The molecule has 0 N–H and O–H groups in total. The van der Waals surface area contributed by atoms with Crippen molar-refractivity contribution < 1.29 is 13.2 Å². The Labute approximate surface area is 230 Å². The van der Waals surface area contributed by atoms with Crippen LogP contribution in [-0.4, -0.2) is 52.1 Å². The van der Waals surface area contributed by atoms with Gasteiger partial charge in [0.25, 0.3) is 0 Å². The number of halogens is 2. The van der Waals surface area contributed by atoms with Crippen molar-refractivity contribution in [3.8, 4) is 17.1 Å². The van der Waals surface area contributed by atoms with Crippen molar-refractivity contribution in [1.29, 1.82) is 0 Å². The van der Waals surface area contributed by atoms with E-state index in [1.807, 2.05) is 34.9 Å². The zero-order valence-electron chi connectivity index (χ0n) is 20.1. The van der Waals surface area contributed by atoms with Gasteiger partial charge in [0.2, 0.25) is 10.0 Å². The maximum absolute atomic E-state index is 13.1. The highest BCUT2D eigenvalue weighted by molar-refractivity contribution is 7.99. The Hall–Kier alpha value is -2.69. The van der Waals surface area contributed by atoms with Gasteiger partial charge in [0.15, 0.2) is 16.8 Å². The molecule has 4 aromatic rings. The summed E-state index contributed by atoms with van der Waals surface area (Å²) in [6.07, 6.45) is 0. The number of benzene rings is 3. The smallest absolute Gasteiger partial charge is 0.243 e. The fourth-order valence-corrected chi connectivity index (χ4v) is 6.40. The summed E-state index contributed by atoms with van der Waals surface area (Å²) in [6.45, 7) is 4.35. The number of Topliss-reactive ketones (excluding diaryl/α,β-unsaturated/α-hetero) is 1. The van der Waals surface area contributed by atoms with Gasteiger partial charge in [0, 0.05) is 29.9 Å². The summed E-state index contributed by atoms with van der Waals surface area (Å²) in [6, 6.07) is 20.9. The Morgan fingerprint density at radius 1 is 0.919 bits per heavy atom. The highest BCUT2D eigenvalue weighted by Crippen LogP contribution is 2.30. The molecule has 0 spiro atoms. The van der Waals surface area contributed by atoms with Crippen molar-refractivity contribution in [1.82, 2.24) is 19.1 Å². The first-order valence-corrected chi connectivity index (χ1v) is 14.7. The maximum Gasteiger partial charge on any atom is 0.243 e. The third kappa shape index (κ3) is 5.91. The lowest BCUT2D eigenvalue weighted by molar-refractivity contribution is 0.102. The standard InChI is InChI=1S/C26H24Cl2N4O3S2/c1-3-31(4-2)37(34,35)21-12-8-9-19(15-21)25-29-30-26(32(25)20-10-6-5-7-11-20)36-17-24(33)18-13-14-22(27)23(28)16-18/h5-16H,3-4,17H2,1-2H3. The lowest BCUT2D eigenvalue weighted by Gasteiger charge is -2.19. The zero-order valence-corrected chi connectivity index (χ0v) is 23.3. The van der Waals surface area contributed by atoms with Gasteiger partial charge in [-0.3, -0.25) is 9.36 Å². The van der Waals surface area contributed by atoms with Crippen molar-refractivity contribution >= 4 is 50.8 Å². The predicted molar refractivity (Wildman–Crippen MR) is 148 cm³/mol. The first kappa shape index (κ1) is 27.3. The number of sulfonamides is 1. The molecule has 0 fully saturated rings. The van der Waals surface area contributed by atoms with Crippen LogP contribution in [0.25, 0.3) is 17.1 Å². The molecule has 4 rings (SSSR count). The number of hydrogen-bond acceptors (Lipinski definition) is 6. The SMILES string of the molecule is CCN(CC)S(=O)(=O)c1cccc(-c2nnc(SCC(=O)c3ccc(Cl)c(Cl)c3)n2-c2ccccc2)c1. The van der Waals surface area contributed by atoms with Gasteiger partial charge < -0.3 is 0 Å². The largest absolute Gasteiger partial charge is 0.293 e. The molecule has 192 valence electrons. The summed E-state index contributed by atoms with van der Waals surface area (Å²) >= 11 is 13.3. The Morgan fingerprint density at radius 2 is 1.65 bits per heavy atom. The van der Waals surface area contributed by atoms with Gasteiger partial charge in [-0.25, -0.2) is 8.42 Å².